The number of aliphatic hydroxyl groups is 1. The molecule has 2 aromatic heterocycles. The molecular formula is C22H24F6N6O3. The largest absolute Gasteiger partial charge is 0.433 e. The molecule has 0 saturated heterocycles. The lowest BCUT2D eigenvalue weighted by Crippen LogP contribution is -2.45. The summed E-state index contributed by atoms with van der Waals surface area (Å²) in [6.45, 7) is 5.07. The maximum Gasteiger partial charge on any atom is 0.433 e. The van der Waals surface area contributed by atoms with E-state index in [2.05, 4.69) is 27.2 Å². The van der Waals surface area contributed by atoms with E-state index in [1.807, 2.05) is 0 Å². The van der Waals surface area contributed by atoms with Crippen LogP contribution < -0.4 is 5.32 Å². The molecule has 1 aromatic carbocycles. The van der Waals surface area contributed by atoms with Gasteiger partial charge in [-0.15, -0.1) is 16.8 Å². The fraction of sp³-hybridized carbons (Fsp3) is 0.364. The van der Waals surface area contributed by atoms with E-state index in [-0.39, 0.29) is 24.8 Å². The Kier molecular flexibility index (Phi) is 9.82. The van der Waals surface area contributed by atoms with Crippen molar-refractivity contribution in [2.24, 2.45) is 13.0 Å². The molecule has 0 fully saturated rings. The van der Waals surface area contributed by atoms with E-state index in [1.165, 1.54) is 23.2 Å². The Labute approximate surface area is 207 Å². The second-order valence-corrected chi connectivity index (χ2v) is 7.77. The number of carbonyl (C=O) groups is 1. The quantitative estimate of drug-likeness (QED) is 0.176. The Morgan fingerprint density at radius 2 is 1.86 bits per heavy atom. The van der Waals surface area contributed by atoms with E-state index in [0.717, 1.165) is 12.1 Å². The summed E-state index contributed by atoms with van der Waals surface area (Å²) < 4.78 is 80.3. The van der Waals surface area contributed by atoms with Gasteiger partial charge >= 0.3 is 12.4 Å². The van der Waals surface area contributed by atoms with Crippen LogP contribution in [0.3, 0.4) is 0 Å². The number of carbonyl (C=O) groups excluding carboxylic acids is 1. The van der Waals surface area contributed by atoms with Gasteiger partial charge in [-0.1, -0.05) is 13.0 Å². The molecule has 2 N–H and O–H groups in total. The third-order valence-corrected chi connectivity index (χ3v) is 4.88. The van der Waals surface area contributed by atoms with Gasteiger partial charge in [0.2, 0.25) is 19.0 Å². The number of aliphatic hydroxyl groups excluding tert-OH is 1. The van der Waals surface area contributed by atoms with Gasteiger partial charge in [-0.05, 0) is 36.6 Å². The van der Waals surface area contributed by atoms with Crippen LogP contribution in [0, 0.1) is 5.92 Å². The van der Waals surface area contributed by atoms with Crippen LogP contribution in [-0.2, 0) is 18.0 Å². The first-order valence-corrected chi connectivity index (χ1v) is 10.6. The summed E-state index contributed by atoms with van der Waals surface area (Å²) in [6, 6.07) is 4.65. The highest BCUT2D eigenvalue weighted by Gasteiger charge is 2.42. The predicted molar refractivity (Wildman–Crippen MR) is 120 cm³/mol. The SMILES string of the molecule is C=CC(C)CCN(C=O)C(O)C(F)(F)F.Cn1cc(-c2nnco2)c(Nc2ccc(C(F)(F)F)cc2)n1. The molecule has 0 bridgehead atoms. The van der Waals surface area contributed by atoms with Crippen molar-refractivity contribution in [2.45, 2.75) is 31.9 Å². The summed E-state index contributed by atoms with van der Waals surface area (Å²) >= 11 is 0. The van der Waals surface area contributed by atoms with E-state index < -0.39 is 24.1 Å². The molecule has 2 unspecified atom stereocenters. The van der Waals surface area contributed by atoms with Crippen LogP contribution in [0.5, 0.6) is 0 Å². The first-order valence-electron chi connectivity index (χ1n) is 10.6. The summed E-state index contributed by atoms with van der Waals surface area (Å²) in [6.07, 6.45) is -7.15. The molecule has 0 aliphatic carbocycles. The summed E-state index contributed by atoms with van der Waals surface area (Å²) in [4.78, 5) is 10.7. The third-order valence-electron chi connectivity index (χ3n) is 4.88. The second kappa shape index (κ2) is 12.4. The van der Waals surface area contributed by atoms with Gasteiger partial charge in [-0.25, -0.2) is 0 Å². The summed E-state index contributed by atoms with van der Waals surface area (Å²) in [5, 5.41) is 23.3. The van der Waals surface area contributed by atoms with Crippen LogP contribution in [-0.4, -0.2) is 55.3 Å². The number of hydrogen-bond donors (Lipinski definition) is 2. The van der Waals surface area contributed by atoms with Crippen LogP contribution in [0.2, 0.25) is 0 Å². The number of allylic oxidation sites excluding steroid dienone is 1. The zero-order chi connectivity index (χ0) is 27.8. The molecule has 0 radical (unpaired) electrons. The van der Waals surface area contributed by atoms with E-state index in [4.69, 9.17) is 9.52 Å². The van der Waals surface area contributed by atoms with Crippen molar-refractivity contribution >= 4 is 17.9 Å². The van der Waals surface area contributed by atoms with Crippen molar-refractivity contribution in [3.05, 3.63) is 55.1 Å². The number of amides is 1. The average Bonchev–Trinajstić information content (AvgIpc) is 3.48. The third kappa shape index (κ3) is 8.63. The number of benzene rings is 1. The van der Waals surface area contributed by atoms with Gasteiger partial charge in [0.05, 0.1) is 5.56 Å². The average molecular weight is 534 g/mol. The number of alkyl halides is 6. The first-order chi connectivity index (χ1) is 17.3. The minimum Gasteiger partial charge on any atom is -0.423 e. The minimum atomic E-state index is -4.81. The van der Waals surface area contributed by atoms with Crippen molar-refractivity contribution < 1.29 is 40.7 Å². The second-order valence-electron chi connectivity index (χ2n) is 7.77. The highest BCUT2D eigenvalue weighted by molar-refractivity contribution is 5.73. The Hall–Kier alpha value is -3.88. The molecule has 37 heavy (non-hydrogen) atoms. The number of halogens is 6. The van der Waals surface area contributed by atoms with Crippen LogP contribution in [0.1, 0.15) is 18.9 Å². The van der Waals surface area contributed by atoms with Crippen LogP contribution in [0.25, 0.3) is 11.5 Å². The van der Waals surface area contributed by atoms with Gasteiger partial charge in [0.1, 0.15) is 5.56 Å². The molecule has 15 heteroatoms. The van der Waals surface area contributed by atoms with Crippen molar-refractivity contribution in [1.29, 1.82) is 0 Å². The first kappa shape index (κ1) is 29.4. The topological polar surface area (TPSA) is 109 Å². The Balaban J connectivity index is 0.000000283. The molecule has 0 aliphatic heterocycles. The van der Waals surface area contributed by atoms with E-state index in [9.17, 15) is 31.1 Å². The predicted octanol–water partition coefficient (Wildman–Crippen LogP) is 4.77. The fourth-order valence-corrected chi connectivity index (χ4v) is 2.80. The zero-order valence-corrected chi connectivity index (χ0v) is 19.7. The molecule has 2 heterocycles. The van der Waals surface area contributed by atoms with Crippen molar-refractivity contribution in [2.75, 3.05) is 11.9 Å². The monoisotopic (exact) mass is 534 g/mol. The number of nitrogens with one attached hydrogen (secondary N) is 1. The van der Waals surface area contributed by atoms with Gasteiger partial charge in [0.25, 0.3) is 5.89 Å². The normalized spacial score (nSPS) is 13.2. The number of anilines is 2. The molecule has 1 amide bonds. The lowest BCUT2D eigenvalue weighted by atomic mass is 10.1. The van der Waals surface area contributed by atoms with Gasteiger partial charge < -0.3 is 19.7 Å². The van der Waals surface area contributed by atoms with Crippen LogP contribution in [0.4, 0.5) is 37.8 Å². The zero-order valence-electron chi connectivity index (χ0n) is 19.7. The van der Waals surface area contributed by atoms with Crippen LogP contribution in [0.15, 0.2) is 53.9 Å². The number of nitrogens with zero attached hydrogens (tertiary/aromatic N) is 5. The molecule has 3 rings (SSSR count). The summed E-state index contributed by atoms with van der Waals surface area (Å²) in [5.41, 5.74) is 0.309. The van der Waals surface area contributed by atoms with E-state index in [1.54, 1.807) is 26.2 Å². The molecule has 0 saturated carbocycles. The molecular weight excluding hydrogens is 510 g/mol. The Bertz CT molecular complexity index is 1130. The maximum atomic E-state index is 12.5. The highest BCUT2D eigenvalue weighted by Crippen LogP contribution is 2.32. The Morgan fingerprint density at radius 1 is 1.22 bits per heavy atom. The lowest BCUT2D eigenvalue weighted by molar-refractivity contribution is -0.244. The van der Waals surface area contributed by atoms with Crippen molar-refractivity contribution in [3.8, 4) is 11.5 Å². The molecule has 0 spiro atoms. The van der Waals surface area contributed by atoms with E-state index >= 15 is 0 Å². The number of aromatic nitrogens is 4. The summed E-state index contributed by atoms with van der Waals surface area (Å²) in [7, 11) is 1.71. The fourth-order valence-electron chi connectivity index (χ4n) is 2.80. The Morgan fingerprint density at radius 3 is 2.35 bits per heavy atom. The highest BCUT2D eigenvalue weighted by atomic mass is 19.4. The smallest absolute Gasteiger partial charge is 0.423 e. The molecule has 2 atom stereocenters. The van der Waals surface area contributed by atoms with Gasteiger partial charge in [0.15, 0.2) is 5.82 Å². The molecule has 9 nitrogen and oxygen atoms in total. The van der Waals surface area contributed by atoms with Crippen LogP contribution >= 0.6 is 0 Å². The number of hydrogen-bond acceptors (Lipinski definition) is 7. The van der Waals surface area contributed by atoms with Gasteiger partial charge in [0, 0.05) is 25.5 Å². The lowest BCUT2D eigenvalue weighted by Gasteiger charge is -2.26. The number of rotatable bonds is 9. The number of aryl methyl sites for hydroxylation is 1. The standard InChI is InChI=1S/C13H10F3N5O.C9H14F3NO2/c1-21-6-10(12-19-17-7-22-12)11(20-21)18-9-4-2-8(3-5-9)13(14,15)16;1-3-7(2)4-5-13(6-14)8(15)9(10,11)12/h2-7H,1H3,(H,18,20);3,6-8,15H,1,4-5H2,2H3. The van der Waals surface area contributed by atoms with Gasteiger partial charge in [-0.3, -0.25) is 9.48 Å². The molecule has 0 aliphatic rings. The summed E-state index contributed by atoms with van der Waals surface area (Å²) in [5.74, 6) is 0.668. The minimum absolute atomic E-state index is 0.00599. The maximum absolute atomic E-state index is 12.5. The molecule has 3 aromatic rings. The van der Waals surface area contributed by atoms with Gasteiger partial charge in [-0.2, -0.15) is 31.4 Å². The van der Waals surface area contributed by atoms with Crippen molar-refractivity contribution in [1.82, 2.24) is 24.9 Å². The molecule has 202 valence electrons. The van der Waals surface area contributed by atoms with Crippen molar-refractivity contribution in [3.63, 3.8) is 0 Å². The van der Waals surface area contributed by atoms with E-state index in [0.29, 0.717) is 28.4 Å².